The maximum absolute atomic E-state index is 4.62. The second-order valence-electron chi connectivity index (χ2n) is 5.17. The van der Waals surface area contributed by atoms with Crippen molar-refractivity contribution in [1.29, 1.82) is 0 Å². The van der Waals surface area contributed by atoms with Crippen LogP contribution in [0.5, 0.6) is 0 Å². The number of hydrogen-bond donors (Lipinski definition) is 0. The summed E-state index contributed by atoms with van der Waals surface area (Å²) in [6, 6.07) is 4.70. The molecule has 2 aromatic heterocycles. The van der Waals surface area contributed by atoms with E-state index in [1.165, 1.54) is 0 Å². The molecule has 0 N–H and O–H groups in total. The van der Waals surface area contributed by atoms with Crippen molar-refractivity contribution in [2.75, 3.05) is 31.1 Å². The summed E-state index contributed by atoms with van der Waals surface area (Å²) in [6.45, 7) is 8.78. The summed E-state index contributed by atoms with van der Waals surface area (Å²) < 4.78 is 2.65. The molecule has 0 saturated carbocycles. The van der Waals surface area contributed by atoms with Crippen molar-refractivity contribution in [2.24, 2.45) is 0 Å². The minimum absolute atomic E-state index is 0.627. The van der Waals surface area contributed by atoms with Crippen molar-refractivity contribution < 1.29 is 0 Å². The third-order valence-electron chi connectivity index (χ3n) is 3.65. The molecule has 3 rings (SSSR count). The normalized spacial score (nSPS) is 17.6. The number of hydrogen-bond acceptors (Lipinski definition) is 4. The Morgan fingerprint density at radius 2 is 1.89 bits per heavy atom. The first-order chi connectivity index (χ1) is 9.13. The van der Waals surface area contributed by atoms with E-state index in [-0.39, 0.29) is 0 Å². The Labute approximate surface area is 121 Å². The minimum atomic E-state index is 0.627. The van der Waals surface area contributed by atoms with Crippen molar-refractivity contribution >= 4 is 27.4 Å². The molecule has 0 atom stereocenters. The van der Waals surface area contributed by atoms with Gasteiger partial charge in [0.2, 0.25) is 0 Å². The molecule has 1 saturated heterocycles. The van der Waals surface area contributed by atoms with E-state index in [0.29, 0.717) is 6.04 Å². The van der Waals surface area contributed by atoms with Gasteiger partial charge in [-0.2, -0.15) is 0 Å². The van der Waals surface area contributed by atoms with Gasteiger partial charge in [0.25, 0.3) is 0 Å². The first-order valence-corrected chi connectivity index (χ1v) is 7.44. The second-order valence-corrected chi connectivity index (χ2v) is 5.99. The number of rotatable bonds is 2. The van der Waals surface area contributed by atoms with E-state index in [2.05, 4.69) is 55.7 Å². The van der Waals surface area contributed by atoms with Gasteiger partial charge in [0.05, 0.1) is 6.20 Å². The Balaban J connectivity index is 1.77. The largest absolute Gasteiger partial charge is 0.353 e. The zero-order valence-corrected chi connectivity index (χ0v) is 12.8. The van der Waals surface area contributed by atoms with Gasteiger partial charge in [0.15, 0.2) is 5.65 Å². The standard InChI is InChI=1S/C13H18BrN5/c1-10(2)17-5-7-18(8-6-17)13-4-3-12-15-11(14)9-19(12)16-13/h3-4,9-10H,5-8H2,1-2H3. The first-order valence-electron chi connectivity index (χ1n) is 6.64. The maximum atomic E-state index is 4.62. The van der Waals surface area contributed by atoms with E-state index >= 15 is 0 Å². The van der Waals surface area contributed by atoms with E-state index in [0.717, 1.165) is 42.2 Å². The fourth-order valence-electron chi connectivity index (χ4n) is 2.48. The topological polar surface area (TPSA) is 36.7 Å². The fourth-order valence-corrected chi connectivity index (χ4v) is 2.85. The highest BCUT2D eigenvalue weighted by Gasteiger charge is 2.20. The van der Waals surface area contributed by atoms with E-state index < -0.39 is 0 Å². The number of halogens is 1. The molecule has 19 heavy (non-hydrogen) atoms. The molecule has 0 unspecified atom stereocenters. The number of aromatic nitrogens is 3. The Hall–Kier alpha value is -1.14. The predicted molar refractivity (Wildman–Crippen MR) is 79.6 cm³/mol. The Kier molecular flexibility index (Phi) is 3.45. The lowest BCUT2D eigenvalue weighted by atomic mass is 10.2. The highest BCUT2D eigenvalue weighted by molar-refractivity contribution is 9.10. The third-order valence-corrected chi connectivity index (χ3v) is 4.03. The quantitative estimate of drug-likeness (QED) is 0.847. The van der Waals surface area contributed by atoms with Crippen LogP contribution in [-0.2, 0) is 0 Å². The SMILES string of the molecule is CC(C)N1CCN(c2ccc3nc(Br)cn3n2)CC1. The van der Waals surface area contributed by atoms with Crippen molar-refractivity contribution in [3.8, 4) is 0 Å². The first kappa shape index (κ1) is 12.9. The van der Waals surface area contributed by atoms with Gasteiger partial charge in [-0.15, -0.1) is 5.10 Å². The van der Waals surface area contributed by atoms with Crippen LogP contribution in [0.15, 0.2) is 22.9 Å². The maximum Gasteiger partial charge on any atom is 0.155 e. The van der Waals surface area contributed by atoms with Crippen molar-refractivity contribution in [3.63, 3.8) is 0 Å². The summed E-state index contributed by atoms with van der Waals surface area (Å²) >= 11 is 3.38. The molecule has 102 valence electrons. The molecule has 0 aromatic carbocycles. The van der Waals surface area contributed by atoms with Gasteiger partial charge in [-0.05, 0) is 41.9 Å². The summed E-state index contributed by atoms with van der Waals surface area (Å²) in [5.41, 5.74) is 0.872. The van der Waals surface area contributed by atoms with Crippen LogP contribution >= 0.6 is 15.9 Å². The van der Waals surface area contributed by atoms with E-state index in [1.807, 2.05) is 16.8 Å². The lowest BCUT2D eigenvalue weighted by Crippen LogP contribution is -2.49. The third kappa shape index (κ3) is 2.60. The summed E-state index contributed by atoms with van der Waals surface area (Å²) in [6.07, 6.45) is 1.89. The summed E-state index contributed by atoms with van der Waals surface area (Å²) in [7, 11) is 0. The van der Waals surface area contributed by atoms with Crippen LogP contribution < -0.4 is 4.90 Å². The molecular formula is C13H18BrN5. The van der Waals surface area contributed by atoms with Gasteiger partial charge in [0, 0.05) is 32.2 Å². The molecule has 1 aliphatic heterocycles. The highest BCUT2D eigenvalue weighted by Crippen LogP contribution is 2.17. The van der Waals surface area contributed by atoms with Gasteiger partial charge in [-0.3, -0.25) is 4.90 Å². The van der Waals surface area contributed by atoms with Crippen molar-refractivity contribution in [1.82, 2.24) is 19.5 Å². The number of imidazole rings is 1. The van der Waals surface area contributed by atoms with Crippen molar-refractivity contribution in [2.45, 2.75) is 19.9 Å². The van der Waals surface area contributed by atoms with Gasteiger partial charge in [0.1, 0.15) is 10.4 Å². The smallest absolute Gasteiger partial charge is 0.155 e. The number of fused-ring (bicyclic) bond motifs is 1. The molecule has 0 spiro atoms. The van der Waals surface area contributed by atoms with Crippen molar-refractivity contribution in [3.05, 3.63) is 22.9 Å². The summed E-state index contributed by atoms with van der Waals surface area (Å²) in [5.74, 6) is 1.03. The average Bonchev–Trinajstić information content (AvgIpc) is 2.77. The molecule has 0 radical (unpaired) electrons. The zero-order chi connectivity index (χ0) is 13.4. The molecule has 1 aliphatic rings. The predicted octanol–water partition coefficient (Wildman–Crippen LogP) is 2.02. The van der Waals surface area contributed by atoms with Crippen LogP contribution in [0.2, 0.25) is 0 Å². The van der Waals surface area contributed by atoms with Gasteiger partial charge >= 0.3 is 0 Å². The fraction of sp³-hybridized carbons (Fsp3) is 0.538. The molecule has 5 nitrogen and oxygen atoms in total. The minimum Gasteiger partial charge on any atom is -0.353 e. The Morgan fingerprint density at radius 3 is 2.58 bits per heavy atom. The zero-order valence-electron chi connectivity index (χ0n) is 11.3. The second kappa shape index (κ2) is 5.09. The van der Waals surface area contributed by atoms with Crippen LogP contribution in [0, 0.1) is 0 Å². The molecule has 0 amide bonds. The summed E-state index contributed by atoms with van der Waals surface area (Å²) in [5, 5.41) is 4.62. The van der Waals surface area contributed by atoms with Crippen LogP contribution in [0.1, 0.15) is 13.8 Å². The molecular weight excluding hydrogens is 306 g/mol. The molecule has 0 aliphatic carbocycles. The van der Waals surface area contributed by atoms with Gasteiger partial charge in [-0.1, -0.05) is 0 Å². The lowest BCUT2D eigenvalue weighted by Gasteiger charge is -2.37. The monoisotopic (exact) mass is 323 g/mol. The van der Waals surface area contributed by atoms with Gasteiger partial charge < -0.3 is 4.90 Å². The Morgan fingerprint density at radius 1 is 1.16 bits per heavy atom. The number of anilines is 1. The number of nitrogens with zero attached hydrogens (tertiary/aromatic N) is 5. The highest BCUT2D eigenvalue weighted by atomic mass is 79.9. The van der Waals surface area contributed by atoms with Crippen LogP contribution in [-0.4, -0.2) is 51.7 Å². The number of piperazine rings is 1. The average molecular weight is 324 g/mol. The van der Waals surface area contributed by atoms with E-state index in [4.69, 9.17) is 0 Å². The van der Waals surface area contributed by atoms with Gasteiger partial charge in [-0.25, -0.2) is 9.50 Å². The lowest BCUT2D eigenvalue weighted by molar-refractivity contribution is 0.209. The van der Waals surface area contributed by atoms with E-state index in [9.17, 15) is 0 Å². The molecule has 3 heterocycles. The summed E-state index contributed by atoms with van der Waals surface area (Å²) in [4.78, 5) is 9.17. The van der Waals surface area contributed by atoms with Crippen LogP contribution in [0.3, 0.4) is 0 Å². The molecule has 6 heteroatoms. The molecule has 2 aromatic rings. The van der Waals surface area contributed by atoms with Crippen LogP contribution in [0.4, 0.5) is 5.82 Å². The van der Waals surface area contributed by atoms with E-state index in [1.54, 1.807) is 0 Å². The molecule has 1 fully saturated rings. The van der Waals surface area contributed by atoms with Crippen LogP contribution in [0.25, 0.3) is 5.65 Å². The Bertz CT molecular complexity index is 571. The molecule has 0 bridgehead atoms.